The summed E-state index contributed by atoms with van der Waals surface area (Å²) in [6.45, 7) is 12.4. The second-order valence-electron chi connectivity index (χ2n) is 6.39. The fourth-order valence-electron chi connectivity index (χ4n) is 2.64. The minimum absolute atomic E-state index is 0.137. The summed E-state index contributed by atoms with van der Waals surface area (Å²) >= 11 is 0. The van der Waals surface area contributed by atoms with E-state index in [1.54, 1.807) is 6.92 Å². The normalized spacial score (nSPS) is 20.6. The Balaban J connectivity index is 2.61. The Morgan fingerprint density at radius 3 is 2.81 bits per heavy atom. The van der Waals surface area contributed by atoms with E-state index in [0.29, 0.717) is 11.8 Å². The van der Waals surface area contributed by atoms with Crippen LogP contribution in [0.2, 0.25) is 0 Å². The summed E-state index contributed by atoms with van der Waals surface area (Å²) in [5, 5.41) is 3.38. The first-order chi connectivity index (χ1) is 9.95. The Hall–Kier alpha value is -1.31. The van der Waals surface area contributed by atoms with Crippen molar-refractivity contribution >= 4 is 5.78 Å². The van der Waals surface area contributed by atoms with Crippen LogP contribution >= 0.6 is 0 Å². The Bertz CT molecular complexity index is 419. The van der Waals surface area contributed by atoms with Gasteiger partial charge in [0.25, 0.3) is 0 Å². The number of hydrogen-bond donors (Lipinski definition) is 1. The van der Waals surface area contributed by atoms with Crippen LogP contribution in [-0.2, 0) is 4.79 Å². The third-order valence-corrected chi connectivity index (χ3v) is 4.44. The number of Topliss-reactive ketones (excluding diaryl/α,β-unsaturated/α-hetero) is 1. The molecule has 0 aliphatic heterocycles. The van der Waals surface area contributed by atoms with Crippen LogP contribution in [0.3, 0.4) is 0 Å². The van der Waals surface area contributed by atoms with Gasteiger partial charge in [-0.25, -0.2) is 0 Å². The summed E-state index contributed by atoms with van der Waals surface area (Å²) in [6, 6.07) is -0.137. The lowest BCUT2D eigenvalue weighted by Gasteiger charge is -2.26. The first-order valence-corrected chi connectivity index (χ1v) is 8.27. The average Bonchev–Trinajstić information content (AvgIpc) is 2.45. The molecule has 0 bridgehead atoms. The molecule has 0 saturated heterocycles. The molecule has 0 amide bonds. The topological polar surface area (TPSA) is 29.1 Å². The number of carbonyl (C=O) groups excluding carboxylic acids is 1. The molecule has 0 aromatic carbocycles. The van der Waals surface area contributed by atoms with Gasteiger partial charge in [0.15, 0.2) is 5.78 Å². The fraction of sp³-hybridized carbons (Fsp3) is 0.632. The third-order valence-electron chi connectivity index (χ3n) is 4.44. The van der Waals surface area contributed by atoms with Gasteiger partial charge in [-0.05, 0) is 38.0 Å². The molecule has 1 aliphatic carbocycles. The fourth-order valence-corrected chi connectivity index (χ4v) is 2.64. The molecule has 0 heterocycles. The molecular formula is C19H31NO. The number of allylic oxidation sites excluding steroid dienone is 4. The minimum atomic E-state index is -0.137. The number of unbranched alkanes of at least 4 members (excludes halogenated alkanes) is 1. The maximum absolute atomic E-state index is 11.9. The van der Waals surface area contributed by atoms with E-state index in [9.17, 15) is 4.79 Å². The number of rotatable bonds is 9. The molecule has 1 N–H and O–H groups in total. The number of nitrogens with one attached hydrogen (secondary N) is 1. The Morgan fingerprint density at radius 2 is 2.24 bits per heavy atom. The molecule has 0 saturated carbocycles. The van der Waals surface area contributed by atoms with Gasteiger partial charge < -0.3 is 5.32 Å². The molecule has 3 atom stereocenters. The number of carbonyl (C=O) groups is 1. The van der Waals surface area contributed by atoms with E-state index >= 15 is 0 Å². The molecule has 1 aliphatic rings. The molecule has 0 aromatic heterocycles. The van der Waals surface area contributed by atoms with Crippen molar-refractivity contribution < 1.29 is 4.79 Å². The lowest BCUT2D eigenvalue weighted by molar-refractivity contribution is -0.118. The van der Waals surface area contributed by atoms with Crippen molar-refractivity contribution in [2.45, 2.75) is 65.8 Å². The standard InChI is InChI=1S/C19H31NO/c1-6-7-10-14(2)16(4)20-19(17(5)21)13-18-12-9-8-11-15(18)3/h8-9,12,14-15,19-20H,4,6-7,10-11,13H2,1-3,5H3/t14-,15?,19-/m0/s1. The zero-order valence-corrected chi connectivity index (χ0v) is 14.1. The first kappa shape index (κ1) is 17.7. The van der Waals surface area contributed by atoms with Gasteiger partial charge in [0.05, 0.1) is 6.04 Å². The van der Waals surface area contributed by atoms with Gasteiger partial charge in [-0.3, -0.25) is 4.79 Å². The van der Waals surface area contributed by atoms with E-state index in [2.05, 4.69) is 50.9 Å². The van der Waals surface area contributed by atoms with Crippen LogP contribution in [0, 0.1) is 11.8 Å². The largest absolute Gasteiger partial charge is 0.379 e. The number of ketones is 1. The highest BCUT2D eigenvalue weighted by Gasteiger charge is 2.21. The predicted octanol–water partition coefficient (Wildman–Crippen LogP) is 4.79. The van der Waals surface area contributed by atoms with Gasteiger partial charge in [0, 0.05) is 5.70 Å². The van der Waals surface area contributed by atoms with Crippen molar-refractivity contribution in [1.29, 1.82) is 0 Å². The van der Waals surface area contributed by atoms with Crippen molar-refractivity contribution in [1.82, 2.24) is 5.32 Å². The van der Waals surface area contributed by atoms with Gasteiger partial charge in [-0.2, -0.15) is 0 Å². The zero-order valence-electron chi connectivity index (χ0n) is 14.1. The van der Waals surface area contributed by atoms with E-state index in [0.717, 1.165) is 25.0 Å². The summed E-state index contributed by atoms with van der Waals surface area (Å²) in [6.07, 6.45) is 11.9. The van der Waals surface area contributed by atoms with Crippen molar-refractivity contribution in [2.24, 2.45) is 11.8 Å². The van der Waals surface area contributed by atoms with Crippen molar-refractivity contribution in [3.63, 3.8) is 0 Å². The molecular weight excluding hydrogens is 258 g/mol. The highest BCUT2D eigenvalue weighted by atomic mass is 16.1. The van der Waals surface area contributed by atoms with Gasteiger partial charge in [0.2, 0.25) is 0 Å². The van der Waals surface area contributed by atoms with Crippen LogP contribution in [-0.4, -0.2) is 11.8 Å². The van der Waals surface area contributed by atoms with E-state index in [1.165, 1.54) is 18.4 Å². The Kier molecular flexibility index (Phi) is 7.49. The molecule has 0 radical (unpaired) electrons. The minimum Gasteiger partial charge on any atom is -0.379 e. The summed E-state index contributed by atoms with van der Waals surface area (Å²) < 4.78 is 0. The highest BCUT2D eigenvalue weighted by molar-refractivity contribution is 5.82. The lowest BCUT2D eigenvalue weighted by atomic mass is 9.87. The van der Waals surface area contributed by atoms with Crippen molar-refractivity contribution in [2.75, 3.05) is 0 Å². The van der Waals surface area contributed by atoms with Crippen LogP contribution in [0.5, 0.6) is 0 Å². The lowest BCUT2D eigenvalue weighted by Crippen LogP contribution is -2.37. The monoisotopic (exact) mass is 289 g/mol. The van der Waals surface area contributed by atoms with Gasteiger partial charge in [-0.1, -0.05) is 64.0 Å². The molecule has 1 unspecified atom stereocenters. The van der Waals surface area contributed by atoms with Crippen LogP contribution in [0.1, 0.15) is 59.8 Å². The van der Waals surface area contributed by atoms with Crippen LogP contribution < -0.4 is 5.32 Å². The molecule has 0 spiro atoms. The molecule has 1 rings (SSSR count). The third kappa shape index (κ3) is 5.91. The maximum Gasteiger partial charge on any atom is 0.152 e. The molecule has 21 heavy (non-hydrogen) atoms. The predicted molar refractivity (Wildman–Crippen MR) is 91.1 cm³/mol. The summed E-state index contributed by atoms with van der Waals surface area (Å²) in [7, 11) is 0. The van der Waals surface area contributed by atoms with Crippen LogP contribution in [0.15, 0.2) is 36.1 Å². The SMILES string of the molecule is C=C(N[C@@H](CC1=CC=CCC1C)C(C)=O)[C@@H](C)CCCC. The molecule has 2 nitrogen and oxygen atoms in total. The van der Waals surface area contributed by atoms with Crippen molar-refractivity contribution in [3.05, 3.63) is 36.1 Å². The van der Waals surface area contributed by atoms with E-state index < -0.39 is 0 Å². The Labute approximate surface area is 130 Å². The molecule has 0 aromatic rings. The second-order valence-corrected chi connectivity index (χ2v) is 6.39. The Morgan fingerprint density at radius 1 is 1.52 bits per heavy atom. The van der Waals surface area contributed by atoms with Gasteiger partial charge in [0.1, 0.15) is 0 Å². The van der Waals surface area contributed by atoms with E-state index in [-0.39, 0.29) is 11.8 Å². The first-order valence-electron chi connectivity index (χ1n) is 8.27. The average molecular weight is 289 g/mol. The summed E-state index contributed by atoms with van der Waals surface area (Å²) in [5.41, 5.74) is 2.36. The summed E-state index contributed by atoms with van der Waals surface area (Å²) in [4.78, 5) is 11.9. The molecule has 118 valence electrons. The van der Waals surface area contributed by atoms with Crippen molar-refractivity contribution in [3.8, 4) is 0 Å². The smallest absolute Gasteiger partial charge is 0.152 e. The molecule has 0 fully saturated rings. The number of hydrogen-bond acceptors (Lipinski definition) is 2. The summed E-state index contributed by atoms with van der Waals surface area (Å²) in [5.74, 6) is 1.15. The van der Waals surface area contributed by atoms with Crippen LogP contribution in [0.4, 0.5) is 0 Å². The maximum atomic E-state index is 11.9. The quantitative estimate of drug-likeness (QED) is 0.661. The van der Waals surface area contributed by atoms with E-state index in [4.69, 9.17) is 0 Å². The van der Waals surface area contributed by atoms with Gasteiger partial charge >= 0.3 is 0 Å². The van der Waals surface area contributed by atoms with E-state index in [1.807, 2.05) is 0 Å². The second kappa shape index (κ2) is 8.86. The van der Waals surface area contributed by atoms with Crippen LogP contribution in [0.25, 0.3) is 0 Å². The zero-order chi connectivity index (χ0) is 15.8. The molecule has 2 heteroatoms. The highest BCUT2D eigenvalue weighted by Crippen LogP contribution is 2.25. The van der Waals surface area contributed by atoms with Gasteiger partial charge in [-0.15, -0.1) is 0 Å².